The third kappa shape index (κ3) is 5.02. The molecule has 182 valence electrons. The fourth-order valence-electron chi connectivity index (χ4n) is 4.81. The summed E-state index contributed by atoms with van der Waals surface area (Å²) >= 11 is 0. The van der Waals surface area contributed by atoms with E-state index in [0.29, 0.717) is 35.0 Å². The Morgan fingerprint density at radius 2 is 2.03 bits per heavy atom. The van der Waals surface area contributed by atoms with Crippen LogP contribution >= 0.6 is 0 Å². The third-order valence-corrected chi connectivity index (χ3v) is 6.83. The first-order chi connectivity index (χ1) is 17.1. The van der Waals surface area contributed by atoms with Gasteiger partial charge in [0, 0.05) is 39.7 Å². The average molecular weight is 476 g/mol. The molecule has 3 aromatic rings. The first kappa shape index (κ1) is 23.0. The lowest BCUT2D eigenvalue weighted by Crippen LogP contribution is -2.39. The summed E-state index contributed by atoms with van der Waals surface area (Å²) in [7, 11) is 1.75. The summed E-state index contributed by atoms with van der Waals surface area (Å²) in [4.78, 5) is 30.9. The number of aromatic nitrogens is 5. The first-order valence-electron chi connectivity index (χ1n) is 12.0. The van der Waals surface area contributed by atoms with E-state index < -0.39 is 0 Å². The molecule has 11 heteroatoms. The van der Waals surface area contributed by atoms with E-state index in [4.69, 9.17) is 15.0 Å². The van der Waals surface area contributed by atoms with Gasteiger partial charge in [0.25, 0.3) is 5.56 Å². The second-order valence-corrected chi connectivity index (χ2v) is 9.10. The van der Waals surface area contributed by atoms with E-state index in [0.717, 1.165) is 63.4 Å². The van der Waals surface area contributed by atoms with Gasteiger partial charge in [-0.05, 0) is 43.7 Å². The summed E-state index contributed by atoms with van der Waals surface area (Å²) in [6, 6.07) is 6.18. The summed E-state index contributed by atoms with van der Waals surface area (Å²) in [6.45, 7) is 3.31. The highest BCUT2D eigenvalue weighted by atomic mass is 16.5. The highest BCUT2D eigenvalue weighted by Crippen LogP contribution is 2.28. The number of pyridine rings is 1. The Kier molecular flexibility index (Phi) is 6.72. The Balaban J connectivity index is 1.39. The van der Waals surface area contributed by atoms with E-state index in [1.807, 2.05) is 12.1 Å². The van der Waals surface area contributed by atoms with Crippen LogP contribution < -0.4 is 20.7 Å². The Morgan fingerprint density at radius 1 is 1.17 bits per heavy atom. The summed E-state index contributed by atoms with van der Waals surface area (Å²) in [5.74, 6) is 2.27. The Labute approximate surface area is 203 Å². The molecule has 0 bridgehead atoms. The quantitative estimate of drug-likeness (QED) is 0.547. The van der Waals surface area contributed by atoms with Crippen LogP contribution in [-0.2, 0) is 4.74 Å². The molecule has 0 saturated carbocycles. The molecule has 11 nitrogen and oxygen atoms in total. The standard InChI is InChI=1S/C24H29N9O2/c1-35-18-3-2-10-33(15-18)20-5-4-17(13-26-20)28-22-21-19(14-27-31-23(21)34)29-24(30-22)32-11-7-16(6-9-25)8-12-32/h4-5,13-14,16,18H,2-3,6-8,10-12,15H2,1H3,(H,31,34)(H,28,29,30). The lowest BCUT2D eigenvalue weighted by Gasteiger charge is -2.32. The highest BCUT2D eigenvalue weighted by Gasteiger charge is 2.23. The van der Waals surface area contributed by atoms with Crippen molar-refractivity contribution in [1.29, 1.82) is 5.26 Å². The zero-order chi connectivity index (χ0) is 24.2. The maximum Gasteiger partial charge on any atom is 0.277 e. The van der Waals surface area contributed by atoms with Gasteiger partial charge in [0.2, 0.25) is 5.95 Å². The van der Waals surface area contributed by atoms with Crippen molar-refractivity contribution in [3.05, 3.63) is 34.9 Å². The number of H-pyrrole nitrogens is 1. The molecule has 5 rings (SSSR count). The number of anilines is 4. The summed E-state index contributed by atoms with van der Waals surface area (Å²) in [5.41, 5.74) is 0.848. The predicted octanol–water partition coefficient (Wildman–Crippen LogP) is 2.60. The topological polar surface area (TPSA) is 136 Å². The van der Waals surface area contributed by atoms with Crippen molar-refractivity contribution >= 4 is 34.2 Å². The number of hydrogen-bond donors (Lipinski definition) is 2. The number of hydrogen-bond acceptors (Lipinski definition) is 10. The van der Waals surface area contributed by atoms with E-state index in [1.165, 1.54) is 0 Å². The third-order valence-electron chi connectivity index (χ3n) is 6.83. The van der Waals surface area contributed by atoms with Crippen LogP contribution in [-0.4, -0.2) is 64.5 Å². The van der Waals surface area contributed by atoms with Crippen molar-refractivity contribution in [3.63, 3.8) is 0 Å². The normalized spacial score (nSPS) is 19.0. The molecule has 3 aromatic heterocycles. The molecule has 35 heavy (non-hydrogen) atoms. The van der Waals surface area contributed by atoms with Crippen LogP contribution in [0.5, 0.6) is 0 Å². The number of piperidine rings is 2. The number of rotatable bonds is 6. The molecule has 2 fully saturated rings. The van der Waals surface area contributed by atoms with Crippen LogP contribution in [0.15, 0.2) is 29.3 Å². The molecule has 0 radical (unpaired) electrons. The van der Waals surface area contributed by atoms with Crippen molar-refractivity contribution in [2.24, 2.45) is 5.92 Å². The van der Waals surface area contributed by atoms with Crippen molar-refractivity contribution in [1.82, 2.24) is 25.1 Å². The largest absolute Gasteiger partial charge is 0.380 e. The molecular formula is C24H29N9O2. The molecule has 2 aliphatic heterocycles. The van der Waals surface area contributed by atoms with Gasteiger partial charge in [-0.25, -0.2) is 15.1 Å². The maximum absolute atomic E-state index is 12.6. The smallest absolute Gasteiger partial charge is 0.277 e. The number of nitriles is 1. The molecule has 2 N–H and O–H groups in total. The van der Waals surface area contributed by atoms with Gasteiger partial charge >= 0.3 is 0 Å². The van der Waals surface area contributed by atoms with Crippen LogP contribution in [0.25, 0.3) is 10.9 Å². The average Bonchev–Trinajstić information content (AvgIpc) is 2.90. The molecule has 5 heterocycles. The minimum atomic E-state index is -0.354. The van der Waals surface area contributed by atoms with Crippen LogP contribution in [0.4, 0.5) is 23.3 Å². The van der Waals surface area contributed by atoms with Crippen molar-refractivity contribution in [2.45, 2.75) is 38.2 Å². The molecular weight excluding hydrogens is 446 g/mol. The molecule has 0 spiro atoms. The second kappa shape index (κ2) is 10.2. The molecule has 2 aliphatic rings. The van der Waals surface area contributed by atoms with Gasteiger partial charge in [0.15, 0.2) is 0 Å². The van der Waals surface area contributed by atoms with Crippen molar-refractivity contribution in [2.75, 3.05) is 48.4 Å². The lowest BCUT2D eigenvalue weighted by atomic mass is 9.94. The molecule has 1 atom stereocenters. The SMILES string of the molecule is COC1CCCN(c2ccc(Nc3nc(N4CCC(CC#N)CC4)nc4cn[nH]c(=O)c34)cn2)C1. The van der Waals surface area contributed by atoms with Crippen molar-refractivity contribution < 1.29 is 4.74 Å². The van der Waals surface area contributed by atoms with Gasteiger partial charge in [0.1, 0.15) is 22.5 Å². The number of nitrogens with zero attached hydrogens (tertiary/aromatic N) is 7. The maximum atomic E-state index is 12.6. The van der Waals surface area contributed by atoms with Gasteiger partial charge in [-0.3, -0.25) is 4.79 Å². The fraction of sp³-hybridized carbons (Fsp3) is 0.500. The lowest BCUT2D eigenvalue weighted by molar-refractivity contribution is 0.0891. The minimum absolute atomic E-state index is 0.222. The van der Waals surface area contributed by atoms with E-state index in [2.05, 4.69) is 41.4 Å². The fourth-order valence-corrected chi connectivity index (χ4v) is 4.81. The molecule has 2 saturated heterocycles. The summed E-state index contributed by atoms with van der Waals surface area (Å²) in [5, 5.41) is 19.0. The van der Waals surface area contributed by atoms with E-state index in [9.17, 15) is 4.79 Å². The highest BCUT2D eigenvalue weighted by molar-refractivity contribution is 5.90. The Hall–Kier alpha value is -3.78. The zero-order valence-electron chi connectivity index (χ0n) is 19.8. The number of fused-ring (bicyclic) bond motifs is 1. The van der Waals surface area contributed by atoms with E-state index >= 15 is 0 Å². The van der Waals surface area contributed by atoms with Crippen LogP contribution in [0.1, 0.15) is 32.1 Å². The molecule has 1 unspecified atom stereocenters. The van der Waals surface area contributed by atoms with Gasteiger partial charge in [0.05, 0.1) is 30.3 Å². The number of methoxy groups -OCH3 is 1. The number of aromatic amines is 1. The van der Waals surface area contributed by atoms with Gasteiger partial charge < -0.3 is 19.9 Å². The summed E-state index contributed by atoms with van der Waals surface area (Å²) < 4.78 is 5.52. The van der Waals surface area contributed by atoms with Gasteiger partial charge in [-0.1, -0.05) is 0 Å². The summed E-state index contributed by atoms with van der Waals surface area (Å²) in [6.07, 6.45) is 8.05. The predicted molar refractivity (Wildman–Crippen MR) is 133 cm³/mol. The molecule has 0 aliphatic carbocycles. The van der Waals surface area contributed by atoms with E-state index in [-0.39, 0.29) is 11.7 Å². The first-order valence-corrected chi connectivity index (χ1v) is 12.0. The van der Waals surface area contributed by atoms with Crippen molar-refractivity contribution in [3.8, 4) is 6.07 Å². The van der Waals surface area contributed by atoms with Crippen LogP contribution in [0.3, 0.4) is 0 Å². The second-order valence-electron chi connectivity index (χ2n) is 9.10. The Bertz CT molecular complexity index is 1260. The monoisotopic (exact) mass is 475 g/mol. The number of ether oxygens (including phenoxy) is 1. The number of nitrogens with one attached hydrogen (secondary N) is 2. The van der Waals surface area contributed by atoms with Crippen LogP contribution in [0, 0.1) is 17.2 Å². The van der Waals surface area contributed by atoms with Gasteiger partial charge in [-0.15, -0.1) is 0 Å². The van der Waals surface area contributed by atoms with Crippen LogP contribution in [0.2, 0.25) is 0 Å². The van der Waals surface area contributed by atoms with Gasteiger partial charge in [-0.2, -0.15) is 15.3 Å². The zero-order valence-corrected chi connectivity index (χ0v) is 19.8. The molecule has 0 aromatic carbocycles. The van der Waals surface area contributed by atoms with E-state index in [1.54, 1.807) is 19.5 Å². The Morgan fingerprint density at radius 3 is 2.77 bits per heavy atom. The molecule has 0 amide bonds. The minimum Gasteiger partial charge on any atom is -0.380 e.